The molecule has 0 radical (unpaired) electrons. The van der Waals surface area contributed by atoms with E-state index < -0.39 is 0 Å². The van der Waals surface area contributed by atoms with Crippen LogP contribution in [0.2, 0.25) is 5.02 Å². The van der Waals surface area contributed by atoms with Gasteiger partial charge in [0.2, 0.25) is 0 Å². The fourth-order valence-electron chi connectivity index (χ4n) is 2.00. The van der Waals surface area contributed by atoms with Crippen LogP contribution in [0.4, 0.5) is 10.5 Å². The van der Waals surface area contributed by atoms with Crippen LogP contribution in [0, 0.1) is 0 Å². The number of halogens is 1. The lowest BCUT2D eigenvalue weighted by molar-refractivity contribution is 0.242. The zero-order chi connectivity index (χ0) is 15.8. The molecule has 116 valence electrons. The quantitative estimate of drug-likeness (QED) is 0.819. The van der Waals surface area contributed by atoms with E-state index in [9.17, 15) is 4.79 Å². The number of nitrogens with one attached hydrogen (secondary N) is 1. The maximum absolute atomic E-state index is 12.2. The summed E-state index contributed by atoms with van der Waals surface area (Å²) >= 11 is 5.81. The standard InChI is InChI=1S/C17H19ClN2O2/c1-2-20(15-6-4-3-5-7-15)17(21)19-12-13-22-16-10-8-14(18)9-11-16/h3-11H,2,12-13H2,1H3,(H,19,21). The van der Waals surface area contributed by atoms with Crippen LogP contribution in [0.3, 0.4) is 0 Å². The highest BCUT2D eigenvalue weighted by Gasteiger charge is 2.12. The predicted octanol–water partition coefficient (Wildman–Crippen LogP) is 3.95. The van der Waals surface area contributed by atoms with Crippen molar-refractivity contribution in [2.45, 2.75) is 6.92 Å². The minimum absolute atomic E-state index is 0.131. The van der Waals surface area contributed by atoms with Crippen molar-refractivity contribution in [1.82, 2.24) is 5.32 Å². The molecule has 0 saturated carbocycles. The van der Waals surface area contributed by atoms with Crippen molar-refractivity contribution in [3.8, 4) is 5.75 Å². The molecular weight excluding hydrogens is 300 g/mol. The van der Waals surface area contributed by atoms with Crippen molar-refractivity contribution in [1.29, 1.82) is 0 Å². The van der Waals surface area contributed by atoms with E-state index in [-0.39, 0.29) is 6.03 Å². The molecule has 0 heterocycles. The minimum Gasteiger partial charge on any atom is -0.492 e. The van der Waals surface area contributed by atoms with Gasteiger partial charge in [0.15, 0.2) is 0 Å². The van der Waals surface area contributed by atoms with Crippen LogP contribution in [0.25, 0.3) is 0 Å². The van der Waals surface area contributed by atoms with Gasteiger partial charge in [-0.1, -0.05) is 29.8 Å². The van der Waals surface area contributed by atoms with Crippen molar-refractivity contribution in [2.75, 3.05) is 24.6 Å². The summed E-state index contributed by atoms with van der Waals surface area (Å²) in [5, 5.41) is 3.52. The molecule has 5 heteroatoms. The van der Waals surface area contributed by atoms with Gasteiger partial charge >= 0.3 is 6.03 Å². The second-order valence-electron chi connectivity index (χ2n) is 4.61. The Morgan fingerprint density at radius 2 is 1.82 bits per heavy atom. The van der Waals surface area contributed by atoms with Crippen LogP contribution in [0.15, 0.2) is 54.6 Å². The third kappa shape index (κ3) is 4.67. The first-order valence-corrected chi connectivity index (χ1v) is 7.57. The number of carbonyl (C=O) groups excluding carboxylic acids is 1. The number of carbonyl (C=O) groups is 1. The molecule has 2 aromatic carbocycles. The van der Waals surface area contributed by atoms with Gasteiger partial charge in [0, 0.05) is 17.3 Å². The van der Waals surface area contributed by atoms with E-state index in [2.05, 4.69) is 5.32 Å². The summed E-state index contributed by atoms with van der Waals surface area (Å²) in [6.45, 7) is 3.38. The second-order valence-corrected chi connectivity index (χ2v) is 5.05. The Morgan fingerprint density at radius 1 is 1.14 bits per heavy atom. The zero-order valence-corrected chi connectivity index (χ0v) is 13.2. The third-order valence-corrected chi connectivity index (χ3v) is 3.34. The number of para-hydroxylation sites is 1. The van der Waals surface area contributed by atoms with E-state index >= 15 is 0 Å². The Morgan fingerprint density at radius 3 is 2.45 bits per heavy atom. The molecule has 2 aromatic rings. The van der Waals surface area contributed by atoms with Gasteiger partial charge in [-0.15, -0.1) is 0 Å². The van der Waals surface area contributed by atoms with Gasteiger partial charge in [-0.25, -0.2) is 4.79 Å². The van der Waals surface area contributed by atoms with Gasteiger partial charge in [-0.05, 0) is 43.3 Å². The molecule has 0 aliphatic heterocycles. The molecule has 0 spiro atoms. The van der Waals surface area contributed by atoms with Crippen LogP contribution >= 0.6 is 11.6 Å². The van der Waals surface area contributed by atoms with E-state index in [1.807, 2.05) is 37.3 Å². The molecule has 0 aliphatic carbocycles. The summed E-state index contributed by atoms with van der Waals surface area (Å²) in [4.78, 5) is 13.9. The van der Waals surface area contributed by atoms with Crippen molar-refractivity contribution in [2.24, 2.45) is 0 Å². The first kappa shape index (κ1) is 16.2. The predicted molar refractivity (Wildman–Crippen MR) is 89.8 cm³/mol. The number of ether oxygens (including phenoxy) is 1. The topological polar surface area (TPSA) is 41.6 Å². The summed E-state index contributed by atoms with van der Waals surface area (Å²) in [6.07, 6.45) is 0. The van der Waals surface area contributed by atoms with Crippen LogP contribution in [0.5, 0.6) is 5.75 Å². The monoisotopic (exact) mass is 318 g/mol. The van der Waals surface area contributed by atoms with Crippen LogP contribution < -0.4 is 15.0 Å². The Labute approximate surface area is 135 Å². The summed E-state index contributed by atoms with van der Waals surface area (Å²) in [6, 6.07) is 16.6. The summed E-state index contributed by atoms with van der Waals surface area (Å²) in [7, 11) is 0. The average molecular weight is 319 g/mol. The molecule has 0 unspecified atom stereocenters. The molecular formula is C17H19ClN2O2. The Bertz CT molecular complexity index is 587. The van der Waals surface area contributed by atoms with Gasteiger partial charge in [0.25, 0.3) is 0 Å². The number of urea groups is 1. The first-order chi connectivity index (χ1) is 10.7. The summed E-state index contributed by atoms with van der Waals surface area (Å²) < 4.78 is 5.54. The van der Waals surface area contributed by atoms with Crippen molar-refractivity contribution in [3.63, 3.8) is 0 Å². The Balaban J connectivity index is 1.78. The molecule has 0 atom stereocenters. The second kappa shape index (κ2) is 8.29. The number of amides is 2. The largest absolute Gasteiger partial charge is 0.492 e. The molecule has 0 aliphatic rings. The van der Waals surface area contributed by atoms with Crippen LogP contribution in [-0.2, 0) is 0 Å². The molecule has 0 bridgehead atoms. The SMILES string of the molecule is CCN(C(=O)NCCOc1ccc(Cl)cc1)c1ccccc1. The number of benzene rings is 2. The zero-order valence-electron chi connectivity index (χ0n) is 12.5. The number of hydrogen-bond donors (Lipinski definition) is 1. The number of anilines is 1. The molecule has 4 nitrogen and oxygen atoms in total. The Kier molecular flexibility index (Phi) is 6.10. The van der Waals surface area contributed by atoms with Crippen LogP contribution in [0.1, 0.15) is 6.92 Å². The summed E-state index contributed by atoms with van der Waals surface area (Å²) in [5.41, 5.74) is 0.876. The Hall–Kier alpha value is -2.20. The minimum atomic E-state index is -0.131. The summed E-state index contributed by atoms with van der Waals surface area (Å²) in [5.74, 6) is 0.731. The molecule has 2 amide bonds. The molecule has 2 rings (SSSR count). The normalized spacial score (nSPS) is 10.1. The van der Waals surface area contributed by atoms with Crippen molar-refractivity contribution < 1.29 is 9.53 Å². The highest BCUT2D eigenvalue weighted by Crippen LogP contribution is 2.15. The molecule has 0 aromatic heterocycles. The van der Waals surface area contributed by atoms with Crippen molar-refractivity contribution in [3.05, 3.63) is 59.6 Å². The highest BCUT2D eigenvalue weighted by molar-refractivity contribution is 6.30. The molecule has 0 fully saturated rings. The maximum Gasteiger partial charge on any atom is 0.321 e. The molecule has 0 saturated heterocycles. The van der Waals surface area contributed by atoms with Crippen molar-refractivity contribution >= 4 is 23.3 Å². The smallest absolute Gasteiger partial charge is 0.321 e. The lowest BCUT2D eigenvalue weighted by Crippen LogP contribution is -2.41. The lowest BCUT2D eigenvalue weighted by Gasteiger charge is -2.21. The van der Waals surface area contributed by atoms with Gasteiger partial charge < -0.3 is 10.1 Å². The highest BCUT2D eigenvalue weighted by atomic mass is 35.5. The fraction of sp³-hybridized carbons (Fsp3) is 0.235. The maximum atomic E-state index is 12.2. The fourth-order valence-corrected chi connectivity index (χ4v) is 2.13. The van der Waals surface area contributed by atoms with Gasteiger partial charge in [-0.3, -0.25) is 4.90 Å². The average Bonchev–Trinajstić information content (AvgIpc) is 2.55. The van der Waals surface area contributed by atoms with E-state index in [0.29, 0.717) is 24.7 Å². The number of nitrogens with zero attached hydrogens (tertiary/aromatic N) is 1. The first-order valence-electron chi connectivity index (χ1n) is 7.19. The number of hydrogen-bond acceptors (Lipinski definition) is 2. The van der Waals surface area contributed by atoms with Gasteiger partial charge in [-0.2, -0.15) is 0 Å². The van der Waals surface area contributed by atoms with Gasteiger partial charge in [0.1, 0.15) is 12.4 Å². The van der Waals surface area contributed by atoms with E-state index in [1.54, 1.807) is 29.2 Å². The lowest BCUT2D eigenvalue weighted by atomic mass is 10.3. The third-order valence-electron chi connectivity index (χ3n) is 3.09. The number of rotatable bonds is 6. The van der Waals surface area contributed by atoms with Crippen LogP contribution in [-0.4, -0.2) is 25.7 Å². The van der Waals surface area contributed by atoms with E-state index in [1.165, 1.54) is 0 Å². The van der Waals surface area contributed by atoms with E-state index in [4.69, 9.17) is 16.3 Å². The molecule has 22 heavy (non-hydrogen) atoms. The molecule has 1 N–H and O–H groups in total. The van der Waals surface area contributed by atoms with E-state index in [0.717, 1.165) is 11.4 Å². The van der Waals surface area contributed by atoms with Gasteiger partial charge in [0.05, 0.1) is 6.54 Å².